The van der Waals surface area contributed by atoms with Gasteiger partial charge in [0.2, 0.25) is 0 Å². The Morgan fingerprint density at radius 3 is 2.64 bits per heavy atom. The van der Waals surface area contributed by atoms with Gasteiger partial charge in [-0.2, -0.15) is 5.10 Å². The van der Waals surface area contributed by atoms with Crippen LogP contribution in [0, 0.1) is 0 Å². The number of aliphatic hydroxyl groups excluding tert-OH is 1. The van der Waals surface area contributed by atoms with E-state index in [-0.39, 0.29) is 12.6 Å². The molecule has 2 aliphatic heterocycles. The van der Waals surface area contributed by atoms with Crippen LogP contribution in [0.1, 0.15) is 25.5 Å². The Kier molecular flexibility index (Phi) is 6.35. The monoisotopic (exact) mass is 310 g/mol. The Bertz CT molecular complexity index is 459. The van der Waals surface area contributed by atoms with Gasteiger partial charge in [0.1, 0.15) is 0 Å². The average Bonchev–Trinajstić information content (AvgIpc) is 3.21. The Labute approximate surface area is 131 Å². The maximum absolute atomic E-state index is 10.2. The molecule has 0 bridgehead atoms. The fourth-order valence-electron chi connectivity index (χ4n) is 3.30. The minimum Gasteiger partial charge on any atom is -0.483 e. The smallest absolute Gasteiger partial charge is 0.290 e. The first-order chi connectivity index (χ1) is 10.7. The fourth-order valence-corrected chi connectivity index (χ4v) is 3.30. The highest BCUT2D eigenvalue weighted by Crippen LogP contribution is 2.22. The fraction of sp³-hybridized carbons (Fsp3) is 0.733. The molecule has 2 aliphatic rings. The number of carboxylic acid groups (broad SMARTS) is 1. The van der Waals surface area contributed by atoms with Gasteiger partial charge in [0, 0.05) is 38.4 Å². The molecule has 7 nitrogen and oxygen atoms in total. The van der Waals surface area contributed by atoms with Gasteiger partial charge in [-0.15, -0.1) is 0 Å². The highest BCUT2D eigenvalue weighted by molar-refractivity contribution is 5.32. The van der Waals surface area contributed by atoms with Crippen molar-refractivity contribution in [2.45, 2.75) is 45.0 Å². The van der Waals surface area contributed by atoms with E-state index >= 15 is 0 Å². The lowest BCUT2D eigenvalue weighted by atomic mass is 10.2. The van der Waals surface area contributed by atoms with Crippen LogP contribution in [0.4, 0.5) is 0 Å². The second-order valence-electron chi connectivity index (χ2n) is 5.84. The highest BCUT2D eigenvalue weighted by Gasteiger charge is 2.36. The van der Waals surface area contributed by atoms with E-state index < -0.39 is 0 Å². The number of carbonyl (C=O) groups is 1. The molecule has 1 aromatic rings. The first-order valence-electron chi connectivity index (χ1n) is 7.92. The Morgan fingerprint density at radius 1 is 1.36 bits per heavy atom. The molecule has 0 spiro atoms. The molecule has 0 aliphatic carbocycles. The van der Waals surface area contributed by atoms with Gasteiger partial charge in [0.25, 0.3) is 6.47 Å². The number of likely N-dealkylation sites (tertiary alicyclic amines) is 2. The van der Waals surface area contributed by atoms with E-state index in [1.54, 1.807) is 0 Å². The SMILES string of the molecule is CCn1ccc(CN2C[C@H](O)[C@@H](N3CCCC3)C2)n1.O=CO. The van der Waals surface area contributed by atoms with Crippen LogP contribution < -0.4 is 0 Å². The summed E-state index contributed by atoms with van der Waals surface area (Å²) in [7, 11) is 0. The molecule has 124 valence electrons. The summed E-state index contributed by atoms with van der Waals surface area (Å²) < 4.78 is 1.96. The van der Waals surface area contributed by atoms with Gasteiger partial charge in [0.15, 0.2) is 0 Å². The lowest BCUT2D eigenvalue weighted by Gasteiger charge is -2.25. The lowest BCUT2D eigenvalue weighted by Crippen LogP contribution is -2.41. The van der Waals surface area contributed by atoms with Crippen molar-refractivity contribution >= 4 is 6.47 Å². The van der Waals surface area contributed by atoms with Gasteiger partial charge >= 0.3 is 0 Å². The molecule has 2 saturated heterocycles. The van der Waals surface area contributed by atoms with Crippen molar-refractivity contribution in [1.29, 1.82) is 0 Å². The summed E-state index contributed by atoms with van der Waals surface area (Å²) in [5, 5.41) is 21.6. The molecular weight excluding hydrogens is 284 g/mol. The predicted octanol–water partition coefficient (Wildman–Crippen LogP) is 0.245. The average molecular weight is 310 g/mol. The van der Waals surface area contributed by atoms with Crippen molar-refractivity contribution in [3.8, 4) is 0 Å². The molecule has 0 saturated carbocycles. The van der Waals surface area contributed by atoms with Gasteiger partial charge in [-0.3, -0.25) is 19.3 Å². The number of aryl methyl sites for hydroxylation is 1. The number of hydrogen-bond acceptors (Lipinski definition) is 5. The number of aliphatic hydroxyl groups is 1. The number of rotatable bonds is 4. The van der Waals surface area contributed by atoms with E-state index in [1.165, 1.54) is 12.8 Å². The molecule has 7 heteroatoms. The molecule has 2 atom stereocenters. The van der Waals surface area contributed by atoms with Crippen LogP contribution in [0.15, 0.2) is 12.3 Å². The predicted molar refractivity (Wildman–Crippen MR) is 82.5 cm³/mol. The van der Waals surface area contributed by atoms with Crippen LogP contribution in [0.3, 0.4) is 0 Å². The normalized spacial score (nSPS) is 25.9. The Morgan fingerprint density at radius 2 is 2.05 bits per heavy atom. The quantitative estimate of drug-likeness (QED) is 0.776. The molecule has 1 aromatic heterocycles. The molecular formula is C15H26N4O3. The van der Waals surface area contributed by atoms with Crippen LogP contribution in [0.5, 0.6) is 0 Å². The molecule has 0 unspecified atom stereocenters. The summed E-state index contributed by atoms with van der Waals surface area (Å²) in [5.74, 6) is 0. The molecule has 3 rings (SSSR count). The van der Waals surface area contributed by atoms with Crippen molar-refractivity contribution in [1.82, 2.24) is 19.6 Å². The maximum atomic E-state index is 10.2. The first-order valence-corrected chi connectivity index (χ1v) is 7.92. The minimum absolute atomic E-state index is 0.202. The van der Waals surface area contributed by atoms with Crippen LogP contribution in [0.25, 0.3) is 0 Å². The number of hydrogen-bond donors (Lipinski definition) is 2. The standard InChI is InChI=1S/C14H24N4O.CH2O2/c1-2-18-8-5-12(15-18)9-16-10-13(14(19)11-16)17-6-3-4-7-17;2-1-3/h5,8,13-14,19H,2-4,6-7,9-11H2,1H3;1H,(H,2,3)/t13-,14-;/m0./s1. The van der Waals surface area contributed by atoms with Gasteiger partial charge < -0.3 is 10.2 Å². The van der Waals surface area contributed by atoms with Crippen LogP contribution >= 0.6 is 0 Å². The summed E-state index contributed by atoms with van der Waals surface area (Å²) >= 11 is 0. The van der Waals surface area contributed by atoms with Crippen molar-refractivity contribution in [2.75, 3.05) is 26.2 Å². The maximum Gasteiger partial charge on any atom is 0.290 e. The van der Waals surface area contributed by atoms with Crippen molar-refractivity contribution < 1.29 is 15.0 Å². The molecule has 2 fully saturated rings. The second-order valence-corrected chi connectivity index (χ2v) is 5.84. The van der Waals surface area contributed by atoms with Crippen LogP contribution in [0.2, 0.25) is 0 Å². The van der Waals surface area contributed by atoms with E-state index in [9.17, 15) is 5.11 Å². The molecule has 3 heterocycles. The summed E-state index contributed by atoms with van der Waals surface area (Å²) in [6.07, 6.45) is 4.39. The number of nitrogens with zero attached hydrogens (tertiary/aromatic N) is 4. The summed E-state index contributed by atoms with van der Waals surface area (Å²) in [6, 6.07) is 2.41. The zero-order valence-electron chi connectivity index (χ0n) is 13.1. The zero-order chi connectivity index (χ0) is 15.9. The third-order valence-corrected chi connectivity index (χ3v) is 4.35. The van der Waals surface area contributed by atoms with Crippen molar-refractivity contribution in [3.63, 3.8) is 0 Å². The third-order valence-electron chi connectivity index (χ3n) is 4.35. The van der Waals surface area contributed by atoms with Gasteiger partial charge in [-0.05, 0) is 38.9 Å². The van der Waals surface area contributed by atoms with E-state index in [0.717, 1.165) is 45.0 Å². The first kappa shape index (κ1) is 16.9. The molecule has 2 N–H and O–H groups in total. The summed E-state index contributed by atoms with van der Waals surface area (Å²) in [6.45, 7) is 7.67. The summed E-state index contributed by atoms with van der Waals surface area (Å²) in [5.41, 5.74) is 1.11. The van der Waals surface area contributed by atoms with E-state index in [0.29, 0.717) is 6.04 Å². The van der Waals surface area contributed by atoms with Gasteiger partial charge in [-0.1, -0.05) is 0 Å². The Balaban J connectivity index is 0.000000545. The number of β-amino-alcohol motifs (C(OH)–C–C–N with tert-alkyl or cyclic N) is 1. The van der Waals surface area contributed by atoms with E-state index in [1.807, 2.05) is 10.9 Å². The third kappa shape index (κ3) is 4.28. The van der Waals surface area contributed by atoms with Gasteiger partial charge in [0.05, 0.1) is 11.8 Å². The van der Waals surface area contributed by atoms with Gasteiger partial charge in [-0.25, -0.2) is 0 Å². The minimum atomic E-state index is -0.250. The van der Waals surface area contributed by atoms with Crippen molar-refractivity contribution in [2.24, 2.45) is 0 Å². The van der Waals surface area contributed by atoms with Crippen molar-refractivity contribution in [3.05, 3.63) is 18.0 Å². The molecule has 0 amide bonds. The van der Waals surface area contributed by atoms with E-state index in [2.05, 4.69) is 27.9 Å². The molecule has 0 aromatic carbocycles. The number of aromatic nitrogens is 2. The van der Waals surface area contributed by atoms with E-state index in [4.69, 9.17) is 9.90 Å². The van der Waals surface area contributed by atoms with Crippen LogP contribution in [-0.4, -0.2) is 74.6 Å². The molecule has 22 heavy (non-hydrogen) atoms. The molecule has 0 radical (unpaired) electrons. The highest BCUT2D eigenvalue weighted by atomic mass is 16.3. The zero-order valence-corrected chi connectivity index (χ0v) is 13.1. The Hall–Kier alpha value is -1.44. The summed E-state index contributed by atoms with van der Waals surface area (Å²) in [4.78, 5) is 13.1. The second kappa shape index (κ2) is 8.26. The van der Waals surface area contributed by atoms with Crippen LogP contribution in [-0.2, 0) is 17.9 Å². The lowest BCUT2D eigenvalue weighted by molar-refractivity contribution is -0.122. The largest absolute Gasteiger partial charge is 0.483 e. The topological polar surface area (TPSA) is 81.8 Å².